The van der Waals surface area contributed by atoms with E-state index >= 15 is 0 Å². The molecular formula is C12H9Cl2NOS2. The zero-order valence-corrected chi connectivity index (χ0v) is 12.6. The van der Waals surface area contributed by atoms with Crippen molar-refractivity contribution in [1.29, 1.82) is 0 Å². The molecule has 1 heterocycles. The lowest BCUT2D eigenvalue weighted by molar-refractivity contribution is -0.121. The highest BCUT2D eigenvalue weighted by atomic mass is 35.5. The van der Waals surface area contributed by atoms with Crippen molar-refractivity contribution in [2.24, 2.45) is 0 Å². The third-order valence-electron chi connectivity index (χ3n) is 2.44. The van der Waals surface area contributed by atoms with Crippen LogP contribution in [-0.2, 0) is 4.79 Å². The van der Waals surface area contributed by atoms with Gasteiger partial charge in [-0.3, -0.25) is 9.69 Å². The van der Waals surface area contributed by atoms with E-state index in [4.69, 9.17) is 35.4 Å². The molecule has 94 valence electrons. The van der Waals surface area contributed by atoms with Crippen molar-refractivity contribution in [2.75, 3.05) is 6.54 Å². The number of hydrogen-bond acceptors (Lipinski definition) is 3. The van der Waals surface area contributed by atoms with Gasteiger partial charge in [-0.05, 0) is 30.7 Å². The van der Waals surface area contributed by atoms with Crippen LogP contribution >= 0.6 is 47.2 Å². The van der Waals surface area contributed by atoms with Gasteiger partial charge in [0, 0.05) is 16.6 Å². The lowest BCUT2D eigenvalue weighted by atomic mass is 10.2. The van der Waals surface area contributed by atoms with Crippen LogP contribution in [0.4, 0.5) is 0 Å². The van der Waals surface area contributed by atoms with Crippen molar-refractivity contribution < 1.29 is 4.79 Å². The second-order valence-electron chi connectivity index (χ2n) is 3.59. The fraction of sp³-hybridized carbons (Fsp3) is 0.167. The third kappa shape index (κ3) is 2.72. The van der Waals surface area contributed by atoms with Gasteiger partial charge in [-0.25, -0.2) is 0 Å². The summed E-state index contributed by atoms with van der Waals surface area (Å²) in [6.07, 6.45) is 1.74. The first-order chi connectivity index (χ1) is 8.52. The highest BCUT2D eigenvalue weighted by Crippen LogP contribution is 2.33. The number of thioether (sulfide) groups is 1. The molecule has 0 aliphatic carbocycles. The minimum atomic E-state index is -0.0708. The van der Waals surface area contributed by atoms with Gasteiger partial charge in [-0.1, -0.05) is 53.2 Å². The molecule has 0 spiro atoms. The molecule has 1 aliphatic rings. The Morgan fingerprint density at radius 2 is 2.17 bits per heavy atom. The standard InChI is InChI=1S/C12H9Cl2NOS2/c1-2-15-11(16)10(18-12(15)17)5-7-3-4-8(13)6-9(7)14/h3-6H,2H2,1H3/b10-5-. The van der Waals surface area contributed by atoms with Crippen LogP contribution in [0, 0.1) is 0 Å². The van der Waals surface area contributed by atoms with E-state index in [2.05, 4.69) is 0 Å². The number of nitrogens with zero attached hydrogens (tertiary/aromatic N) is 1. The zero-order chi connectivity index (χ0) is 13.3. The van der Waals surface area contributed by atoms with Gasteiger partial charge in [0.05, 0.1) is 4.91 Å². The van der Waals surface area contributed by atoms with Crippen LogP contribution in [0.1, 0.15) is 12.5 Å². The SMILES string of the molecule is CCN1C(=O)/C(=C/c2ccc(Cl)cc2Cl)SC1=S. The van der Waals surface area contributed by atoms with Gasteiger partial charge in [0.25, 0.3) is 5.91 Å². The summed E-state index contributed by atoms with van der Waals surface area (Å²) in [6, 6.07) is 5.17. The monoisotopic (exact) mass is 317 g/mol. The maximum Gasteiger partial charge on any atom is 0.266 e. The van der Waals surface area contributed by atoms with Crippen LogP contribution in [-0.4, -0.2) is 21.7 Å². The van der Waals surface area contributed by atoms with Crippen LogP contribution in [0.25, 0.3) is 6.08 Å². The number of carbonyl (C=O) groups is 1. The third-order valence-corrected chi connectivity index (χ3v) is 4.38. The topological polar surface area (TPSA) is 20.3 Å². The lowest BCUT2D eigenvalue weighted by Crippen LogP contribution is -2.27. The summed E-state index contributed by atoms with van der Waals surface area (Å²) in [7, 11) is 0. The van der Waals surface area contributed by atoms with Gasteiger partial charge < -0.3 is 0 Å². The second-order valence-corrected chi connectivity index (χ2v) is 6.11. The van der Waals surface area contributed by atoms with Gasteiger partial charge >= 0.3 is 0 Å². The summed E-state index contributed by atoms with van der Waals surface area (Å²) >= 11 is 18.3. The van der Waals surface area contributed by atoms with Crippen LogP contribution in [0.2, 0.25) is 10.0 Å². The second kappa shape index (κ2) is 5.61. The maximum atomic E-state index is 12.0. The Hall–Kier alpha value is -0.550. The Balaban J connectivity index is 2.35. The van der Waals surface area contributed by atoms with E-state index in [9.17, 15) is 4.79 Å². The summed E-state index contributed by atoms with van der Waals surface area (Å²) in [5, 5.41) is 1.09. The van der Waals surface area contributed by atoms with Crippen LogP contribution < -0.4 is 0 Å². The minimum absolute atomic E-state index is 0.0708. The van der Waals surface area contributed by atoms with Gasteiger partial charge in [0.15, 0.2) is 0 Å². The molecule has 2 nitrogen and oxygen atoms in total. The first-order valence-electron chi connectivity index (χ1n) is 5.23. The van der Waals surface area contributed by atoms with Crippen LogP contribution in [0.3, 0.4) is 0 Å². The lowest BCUT2D eigenvalue weighted by Gasteiger charge is -2.09. The molecule has 0 radical (unpaired) electrons. The van der Waals surface area contributed by atoms with Crippen LogP contribution in [0.5, 0.6) is 0 Å². The average Bonchev–Trinajstić information content (AvgIpc) is 2.58. The zero-order valence-electron chi connectivity index (χ0n) is 9.44. The molecule has 2 rings (SSSR count). The summed E-state index contributed by atoms with van der Waals surface area (Å²) in [5.74, 6) is -0.0708. The Morgan fingerprint density at radius 1 is 1.44 bits per heavy atom. The normalized spacial score (nSPS) is 17.9. The summed E-state index contributed by atoms with van der Waals surface area (Å²) in [5.41, 5.74) is 0.762. The molecule has 1 fully saturated rings. The fourth-order valence-corrected chi connectivity index (χ4v) is 3.37. The van der Waals surface area contributed by atoms with Crippen molar-refractivity contribution in [1.82, 2.24) is 4.90 Å². The number of amides is 1. The van der Waals surface area contributed by atoms with Crippen molar-refractivity contribution in [2.45, 2.75) is 6.92 Å². The summed E-state index contributed by atoms with van der Waals surface area (Å²) in [4.78, 5) is 14.2. The minimum Gasteiger partial charge on any atom is -0.293 e. The van der Waals surface area contributed by atoms with Crippen molar-refractivity contribution in [3.8, 4) is 0 Å². The predicted molar refractivity (Wildman–Crippen MR) is 82.0 cm³/mol. The van der Waals surface area contributed by atoms with E-state index in [1.165, 1.54) is 11.8 Å². The molecular weight excluding hydrogens is 309 g/mol. The Bertz CT molecular complexity index is 557. The molecule has 0 N–H and O–H groups in total. The predicted octanol–water partition coefficient (Wildman–Crippen LogP) is 4.21. The molecule has 1 aromatic rings. The fourth-order valence-electron chi connectivity index (χ4n) is 1.53. The van der Waals surface area contributed by atoms with E-state index in [1.807, 2.05) is 6.92 Å². The van der Waals surface area contributed by atoms with Crippen LogP contribution in [0.15, 0.2) is 23.1 Å². The number of likely N-dealkylation sites (N-methyl/N-ethyl adjacent to an activating group) is 1. The number of rotatable bonds is 2. The number of benzene rings is 1. The van der Waals surface area contributed by atoms with Crippen molar-refractivity contribution >= 4 is 63.5 Å². The highest BCUT2D eigenvalue weighted by Gasteiger charge is 2.30. The summed E-state index contributed by atoms with van der Waals surface area (Å²) in [6.45, 7) is 2.47. The van der Waals surface area contributed by atoms with Crippen molar-refractivity contribution in [3.63, 3.8) is 0 Å². The largest absolute Gasteiger partial charge is 0.293 e. The molecule has 0 aromatic heterocycles. The van der Waals surface area contributed by atoms with E-state index in [0.29, 0.717) is 25.8 Å². The molecule has 0 unspecified atom stereocenters. The molecule has 6 heteroatoms. The first kappa shape index (κ1) is 13.9. The van der Waals surface area contributed by atoms with E-state index < -0.39 is 0 Å². The smallest absolute Gasteiger partial charge is 0.266 e. The van der Waals surface area contributed by atoms with Gasteiger partial charge in [-0.2, -0.15) is 0 Å². The maximum absolute atomic E-state index is 12.0. The molecule has 0 atom stereocenters. The molecule has 1 saturated heterocycles. The first-order valence-corrected chi connectivity index (χ1v) is 7.21. The molecule has 0 bridgehead atoms. The number of halogens is 2. The van der Waals surface area contributed by atoms with E-state index in [1.54, 1.807) is 29.2 Å². The van der Waals surface area contributed by atoms with Gasteiger partial charge in [0.2, 0.25) is 0 Å². The molecule has 1 aliphatic heterocycles. The molecule has 1 amide bonds. The van der Waals surface area contributed by atoms with E-state index in [0.717, 1.165) is 5.56 Å². The number of thiocarbonyl (C=S) groups is 1. The summed E-state index contributed by atoms with van der Waals surface area (Å²) < 4.78 is 0.582. The average molecular weight is 318 g/mol. The Kier molecular flexibility index (Phi) is 4.33. The highest BCUT2D eigenvalue weighted by molar-refractivity contribution is 8.26. The molecule has 1 aromatic carbocycles. The van der Waals surface area contributed by atoms with Gasteiger partial charge in [0.1, 0.15) is 4.32 Å². The quantitative estimate of drug-likeness (QED) is 0.602. The van der Waals surface area contributed by atoms with E-state index in [-0.39, 0.29) is 5.91 Å². The number of hydrogen-bond donors (Lipinski definition) is 0. The van der Waals surface area contributed by atoms with Gasteiger partial charge in [-0.15, -0.1) is 0 Å². The molecule has 18 heavy (non-hydrogen) atoms. The number of carbonyl (C=O) groups excluding carboxylic acids is 1. The molecule has 0 saturated carbocycles. The van der Waals surface area contributed by atoms with Crippen molar-refractivity contribution in [3.05, 3.63) is 38.7 Å². The Morgan fingerprint density at radius 3 is 2.72 bits per heavy atom. The Labute approximate surface area is 125 Å².